The number of ether oxygens (including phenoxy) is 2. The van der Waals surface area contributed by atoms with Gasteiger partial charge in [0.1, 0.15) is 0 Å². The van der Waals surface area contributed by atoms with E-state index >= 15 is 0 Å². The van der Waals surface area contributed by atoms with Crippen LogP contribution >= 0.6 is 15.9 Å². The molecule has 1 aliphatic heterocycles. The first-order valence-electron chi connectivity index (χ1n) is 6.15. The fraction of sp³-hybridized carbons (Fsp3) is 0.462. The molecule has 1 aromatic carbocycles. The molecule has 1 heterocycles. The summed E-state index contributed by atoms with van der Waals surface area (Å²) in [5, 5.41) is 6.50. The second-order valence-corrected chi connectivity index (χ2v) is 5.39. The van der Waals surface area contributed by atoms with E-state index in [1.54, 1.807) is 7.05 Å². The lowest BCUT2D eigenvalue weighted by molar-refractivity contribution is 0.173. The predicted molar refractivity (Wildman–Crippen MR) is 78.7 cm³/mol. The molecule has 104 valence electrons. The van der Waals surface area contributed by atoms with E-state index in [1.807, 2.05) is 12.1 Å². The minimum absolute atomic E-state index is 0.279. The zero-order valence-corrected chi connectivity index (χ0v) is 12.9. The van der Waals surface area contributed by atoms with E-state index in [2.05, 4.69) is 45.4 Å². The molecule has 0 unspecified atom stereocenters. The molecule has 0 fully saturated rings. The SMILES string of the molecule is CN=C(NCc1cc(Br)c2c(c1)OCO2)NC(C)C. The van der Waals surface area contributed by atoms with Crippen molar-refractivity contribution in [3.8, 4) is 11.5 Å². The first-order chi connectivity index (χ1) is 9.10. The van der Waals surface area contributed by atoms with Crippen LogP contribution in [0.25, 0.3) is 0 Å². The molecule has 1 aromatic rings. The third-order valence-electron chi connectivity index (χ3n) is 2.60. The smallest absolute Gasteiger partial charge is 0.231 e. The third-order valence-corrected chi connectivity index (χ3v) is 3.19. The number of guanidine groups is 1. The Morgan fingerprint density at radius 2 is 2.21 bits per heavy atom. The lowest BCUT2D eigenvalue weighted by Gasteiger charge is -2.14. The van der Waals surface area contributed by atoms with Crippen LogP contribution in [-0.2, 0) is 6.54 Å². The van der Waals surface area contributed by atoms with E-state index < -0.39 is 0 Å². The highest BCUT2D eigenvalue weighted by molar-refractivity contribution is 9.10. The summed E-state index contributed by atoms with van der Waals surface area (Å²) in [6.45, 7) is 5.09. The molecule has 0 aliphatic carbocycles. The Hall–Kier alpha value is -1.43. The van der Waals surface area contributed by atoms with Gasteiger partial charge in [-0.25, -0.2) is 0 Å². The molecule has 0 bridgehead atoms. The lowest BCUT2D eigenvalue weighted by Crippen LogP contribution is -2.40. The Labute approximate surface area is 121 Å². The van der Waals surface area contributed by atoms with E-state index in [-0.39, 0.29) is 6.79 Å². The predicted octanol–water partition coefficient (Wildman–Crippen LogP) is 2.25. The average molecular weight is 328 g/mol. The Bertz CT molecular complexity index is 489. The number of aliphatic imine (C=N–C) groups is 1. The molecular weight excluding hydrogens is 310 g/mol. The van der Waals surface area contributed by atoms with Crippen molar-refractivity contribution in [2.24, 2.45) is 4.99 Å². The summed E-state index contributed by atoms with van der Waals surface area (Å²) < 4.78 is 11.7. The highest BCUT2D eigenvalue weighted by Crippen LogP contribution is 2.39. The number of benzene rings is 1. The van der Waals surface area contributed by atoms with Gasteiger partial charge in [-0.05, 0) is 47.5 Å². The molecule has 5 nitrogen and oxygen atoms in total. The first-order valence-corrected chi connectivity index (χ1v) is 6.94. The number of rotatable bonds is 3. The molecular formula is C13H18BrN3O2. The van der Waals surface area contributed by atoms with Crippen LogP contribution in [0.15, 0.2) is 21.6 Å². The Kier molecular flexibility index (Phi) is 4.52. The summed E-state index contributed by atoms with van der Waals surface area (Å²) in [6.07, 6.45) is 0. The molecule has 0 saturated heterocycles. The summed E-state index contributed by atoms with van der Waals surface area (Å²) in [6, 6.07) is 4.33. The van der Waals surface area contributed by atoms with Crippen LogP contribution in [0.4, 0.5) is 0 Å². The maximum atomic E-state index is 5.39. The van der Waals surface area contributed by atoms with Crippen molar-refractivity contribution in [2.75, 3.05) is 13.8 Å². The van der Waals surface area contributed by atoms with E-state index in [1.165, 1.54) is 0 Å². The van der Waals surface area contributed by atoms with Gasteiger partial charge in [0.05, 0.1) is 4.47 Å². The van der Waals surface area contributed by atoms with E-state index in [0.717, 1.165) is 27.5 Å². The fourth-order valence-corrected chi connectivity index (χ4v) is 2.38. The number of nitrogens with one attached hydrogen (secondary N) is 2. The van der Waals surface area contributed by atoms with Gasteiger partial charge < -0.3 is 20.1 Å². The van der Waals surface area contributed by atoms with Gasteiger partial charge in [-0.3, -0.25) is 4.99 Å². The van der Waals surface area contributed by atoms with Gasteiger partial charge in [0.2, 0.25) is 6.79 Å². The second-order valence-electron chi connectivity index (χ2n) is 4.54. The molecule has 19 heavy (non-hydrogen) atoms. The van der Waals surface area contributed by atoms with Crippen LogP contribution < -0.4 is 20.1 Å². The van der Waals surface area contributed by atoms with Gasteiger partial charge in [-0.15, -0.1) is 0 Å². The monoisotopic (exact) mass is 327 g/mol. The standard InChI is InChI=1S/C13H18BrN3O2/c1-8(2)17-13(15-3)16-6-9-4-10(14)12-11(5-9)18-7-19-12/h4-5,8H,6-7H2,1-3H3,(H2,15,16,17). The van der Waals surface area contributed by atoms with E-state index in [0.29, 0.717) is 12.6 Å². The minimum Gasteiger partial charge on any atom is -0.454 e. The molecule has 6 heteroatoms. The van der Waals surface area contributed by atoms with Crippen LogP contribution in [0.5, 0.6) is 11.5 Å². The Morgan fingerprint density at radius 1 is 1.42 bits per heavy atom. The van der Waals surface area contributed by atoms with E-state index in [9.17, 15) is 0 Å². The van der Waals surface area contributed by atoms with Crippen LogP contribution in [0.2, 0.25) is 0 Å². The van der Waals surface area contributed by atoms with Crippen LogP contribution in [-0.4, -0.2) is 25.8 Å². The van der Waals surface area contributed by atoms with Gasteiger partial charge in [-0.2, -0.15) is 0 Å². The Morgan fingerprint density at radius 3 is 2.89 bits per heavy atom. The molecule has 2 rings (SSSR count). The summed E-state index contributed by atoms with van der Waals surface area (Å²) in [7, 11) is 1.76. The summed E-state index contributed by atoms with van der Waals surface area (Å²) in [5.74, 6) is 2.33. The van der Waals surface area contributed by atoms with Crippen LogP contribution in [0, 0.1) is 0 Å². The molecule has 2 N–H and O–H groups in total. The topological polar surface area (TPSA) is 54.9 Å². The van der Waals surface area contributed by atoms with Crippen LogP contribution in [0.1, 0.15) is 19.4 Å². The first kappa shape index (κ1) is 14.0. The van der Waals surface area contributed by atoms with Gasteiger partial charge in [0.25, 0.3) is 0 Å². The van der Waals surface area contributed by atoms with Crippen molar-refractivity contribution in [3.05, 3.63) is 22.2 Å². The lowest BCUT2D eigenvalue weighted by atomic mass is 10.2. The zero-order chi connectivity index (χ0) is 13.8. The maximum Gasteiger partial charge on any atom is 0.231 e. The summed E-state index contributed by atoms with van der Waals surface area (Å²) in [4.78, 5) is 4.16. The normalized spacial score (nSPS) is 13.8. The maximum absolute atomic E-state index is 5.39. The van der Waals surface area contributed by atoms with Crippen LogP contribution in [0.3, 0.4) is 0 Å². The number of hydrogen-bond acceptors (Lipinski definition) is 3. The van der Waals surface area contributed by atoms with Crippen molar-refractivity contribution in [3.63, 3.8) is 0 Å². The third kappa shape index (κ3) is 3.53. The highest BCUT2D eigenvalue weighted by atomic mass is 79.9. The van der Waals surface area contributed by atoms with Gasteiger partial charge in [-0.1, -0.05) is 0 Å². The largest absolute Gasteiger partial charge is 0.454 e. The number of halogens is 1. The molecule has 1 aliphatic rings. The van der Waals surface area contributed by atoms with Crippen molar-refractivity contribution in [1.29, 1.82) is 0 Å². The van der Waals surface area contributed by atoms with Crippen molar-refractivity contribution in [2.45, 2.75) is 26.4 Å². The highest BCUT2D eigenvalue weighted by Gasteiger charge is 2.17. The second kappa shape index (κ2) is 6.14. The number of hydrogen-bond donors (Lipinski definition) is 2. The van der Waals surface area contributed by atoms with Crippen molar-refractivity contribution in [1.82, 2.24) is 10.6 Å². The molecule has 0 spiro atoms. The van der Waals surface area contributed by atoms with Crippen molar-refractivity contribution >= 4 is 21.9 Å². The zero-order valence-electron chi connectivity index (χ0n) is 11.3. The van der Waals surface area contributed by atoms with Gasteiger partial charge in [0.15, 0.2) is 17.5 Å². The minimum atomic E-state index is 0.279. The molecule has 0 aromatic heterocycles. The fourth-order valence-electron chi connectivity index (χ4n) is 1.78. The average Bonchev–Trinajstić information content (AvgIpc) is 2.82. The molecule has 0 saturated carbocycles. The number of nitrogens with zero attached hydrogens (tertiary/aromatic N) is 1. The Balaban J connectivity index is 2.02. The van der Waals surface area contributed by atoms with E-state index in [4.69, 9.17) is 9.47 Å². The molecule has 0 atom stereocenters. The molecule has 0 amide bonds. The summed E-state index contributed by atoms with van der Waals surface area (Å²) in [5.41, 5.74) is 1.10. The molecule has 0 radical (unpaired) electrons. The van der Waals surface area contributed by atoms with Crippen molar-refractivity contribution < 1.29 is 9.47 Å². The number of fused-ring (bicyclic) bond motifs is 1. The van der Waals surface area contributed by atoms with Gasteiger partial charge in [0, 0.05) is 19.6 Å². The van der Waals surface area contributed by atoms with Gasteiger partial charge >= 0.3 is 0 Å². The summed E-state index contributed by atoms with van der Waals surface area (Å²) >= 11 is 3.48. The quantitative estimate of drug-likeness (QED) is 0.660.